The van der Waals surface area contributed by atoms with Gasteiger partial charge in [0.05, 0.1) is 30.8 Å². The van der Waals surface area contributed by atoms with E-state index in [2.05, 4.69) is 38.3 Å². The number of likely N-dealkylation sites (tertiary alicyclic amines) is 1. The molecule has 54 heavy (non-hydrogen) atoms. The van der Waals surface area contributed by atoms with Crippen molar-refractivity contribution >= 4 is 31.1 Å². The number of carbonyl (C=O) groups excluding carboxylic acids is 4. The molecule has 7 rings (SSSR count). The summed E-state index contributed by atoms with van der Waals surface area (Å²) in [5.41, 5.74) is 1.15. The van der Waals surface area contributed by atoms with Crippen LogP contribution in [0.2, 0.25) is 0 Å². The van der Waals surface area contributed by atoms with E-state index in [1.165, 1.54) is 4.90 Å². The molecule has 1 aromatic rings. The lowest BCUT2D eigenvalue weighted by molar-refractivity contribution is -0.199. The van der Waals surface area contributed by atoms with Crippen molar-refractivity contribution in [1.29, 1.82) is 0 Å². The van der Waals surface area contributed by atoms with Crippen LogP contribution in [-0.4, -0.2) is 115 Å². The van der Waals surface area contributed by atoms with E-state index in [9.17, 15) is 19.2 Å². The van der Waals surface area contributed by atoms with Crippen LogP contribution in [0.3, 0.4) is 0 Å². The van der Waals surface area contributed by atoms with Gasteiger partial charge in [-0.15, -0.1) is 0 Å². The normalized spacial score (nSPS) is 29.2. The van der Waals surface area contributed by atoms with E-state index in [1.807, 2.05) is 64.0 Å². The first-order valence-corrected chi connectivity index (χ1v) is 20.0. The maximum Gasteiger partial charge on any atom is 0.481 e. The van der Waals surface area contributed by atoms with Crippen molar-refractivity contribution in [3.8, 4) is 0 Å². The molecule has 3 heterocycles. The fourth-order valence-electron chi connectivity index (χ4n) is 9.51. The molecule has 4 amide bonds. The zero-order chi connectivity index (χ0) is 39.2. The molecule has 8 atom stereocenters. The molecule has 2 bridgehead atoms. The summed E-state index contributed by atoms with van der Waals surface area (Å²) in [6.45, 7) is 16.2. The summed E-state index contributed by atoms with van der Waals surface area (Å²) in [5, 5.41) is 6.01. The number of fused-ring (bicyclic) bond motifs is 1. The van der Waals surface area contributed by atoms with Gasteiger partial charge in [0.15, 0.2) is 0 Å². The highest BCUT2D eigenvalue weighted by Gasteiger charge is 2.68. The van der Waals surface area contributed by atoms with Crippen molar-refractivity contribution in [1.82, 2.24) is 25.3 Å². The SMILES string of the molecule is CCC[C@H](NC(=O)[C@@H]1C[C@@H](OC(=O)N2Cc3ccccc3C2)CN1C(=O)[C@@H](NC(=O)OCCCN(C)C)C(C)(C)C)B1O[C@@H]2C[C@@H]3C[C@@H](C3(C)C)[C@]2(C)O1. The maximum absolute atomic E-state index is 14.5. The van der Waals surface area contributed by atoms with Crippen LogP contribution in [-0.2, 0) is 41.5 Å². The van der Waals surface area contributed by atoms with Gasteiger partial charge in [-0.3, -0.25) is 14.5 Å². The largest absolute Gasteiger partial charge is 0.481 e. The van der Waals surface area contributed by atoms with Crippen LogP contribution in [0.25, 0.3) is 0 Å². The van der Waals surface area contributed by atoms with E-state index in [0.717, 1.165) is 36.9 Å². The predicted molar refractivity (Wildman–Crippen MR) is 204 cm³/mol. The molecule has 2 N–H and O–H groups in total. The predicted octanol–water partition coefficient (Wildman–Crippen LogP) is 4.75. The molecule has 2 saturated heterocycles. The first kappa shape index (κ1) is 40.3. The number of nitrogens with zero attached hydrogens (tertiary/aromatic N) is 3. The number of alkyl carbamates (subject to hydrolysis) is 1. The number of rotatable bonds is 12. The van der Waals surface area contributed by atoms with E-state index in [-0.39, 0.29) is 37.0 Å². The molecule has 3 saturated carbocycles. The van der Waals surface area contributed by atoms with Gasteiger partial charge in [-0.1, -0.05) is 72.2 Å². The molecule has 3 aliphatic carbocycles. The van der Waals surface area contributed by atoms with Crippen LogP contribution >= 0.6 is 0 Å². The van der Waals surface area contributed by atoms with Gasteiger partial charge >= 0.3 is 19.3 Å². The molecular formula is C40H62BN5O8. The summed E-state index contributed by atoms with van der Waals surface area (Å²) in [5.74, 6) is -0.291. The van der Waals surface area contributed by atoms with Gasteiger partial charge in [0, 0.05) is 26.1 Å². The summed E-state index contributed by atoms with van der Waals surface area (Å²) < 4.78 is 24.8. The van der Waals surface area contributed by atoms with Crippen molar-refractivity contribution in [2.24, 2.45) is 22.7 Å². The monoisotopic (exact) mass is 751 g/mol. The number of benzene rings is 1. The average molecular weight is 752 g/mol. The fourth-order valence-corrected chi connectivity index (χ4v) is 9.51. The summed E-state index contributed by atoms with van der Waals surface area (Å²) in [6.07, 6.45) is 2.24. The summed E-state index contributed by atoms with van der Waals surface area (Å²) in [6, 6.07) is 5.91. The first-order valence-electron chi connectivity index (χ1n) is 20.0. The molecule has 14 heteroatoms. The van der Waals surface area contributed by atoms with E-state index in [0.29, 0.717) is 37.8 Å². The van der Waals surface area contributed by atoms with Gasteiger partial charge in [-0.05, 0) is 80.5 Å². The second-order valence-corrected chi connectivity index (χ2v) is 18.3. The van der Waals surface area contributed by atoms with Gasteiger partial charge in [-0.25, -0.2) is 9.59 Å². The van der Waals surface area contributed by atoms with Crippen molar-refractivity contribution < 1.29 is 38.0 Å². The Bertz CT molecular complexity index is 1540. The Kier molecular flexibility index (Phi) is 11.7. The van der Waals surface area contributed by atoms with Gasteiger partial charge < -0.3 is 39.2 Å². The number of nitrogens with one attached hydrogen (secondary N) is 2. The van der Waals surface area contributed by atoms with Crippen LogP contribution in [0.1, 0.15) is 98.1 Å². The minimum absolute atomic E-state index is 0.00274. The highest BCUT2D eigenvalue weighted by Crippen LogP contribution is 2.65. The lowest BCUT2D eigenvalue weighted by atomic mass is 9.43. The topological polar surface area (TPSA) is 139 Å². The Morgan fingerprint density at radius 3 is 2.33 bits per heavy atom. The number of ether oxygens (including phenoxy) is 2. The number of amides is 4. The quantitative estimate of drug-likeness (QED) is 0.229. The smallest absolute Gasteiger partial charge is 0.449 e. The van der Waals surface area contributed by atoms with E-state index in [1.54, 1.807) is 4.90 Å². The van der Waals surface area contributed by atoms with Gasteiger partial charge in [0.25, 0.3) is 0 Å². The number of hydrogen-bond donors (Lipinski definition) is 2. The van der Waals surface area contributed by atoms with E-state index < -0.39 is 60.4 Å². The Hall–Kier alpha value is -3.36. The Morgan fingerprint density at radius 2 is 1.72 bits per heavy atom. The molecule has 0 radical (unpaired) electrons. The van der Waals surface area contributed by atoms with Crippen LogP contribution in [0, 0.1) is 22.7 Å². The lowest BCUT2D eigenvalue weighted by Crippen LogP contribution is -2.65. The molecule has 298 valence electrons. The van der Waals surface area contributed by atoms with Crippen LogP contribution < -0.4 is 10.6 Å². The molecular weight excluding hydrogens is 689 g/mol. The van der Waals surface area contributed by atoms with Gasteiger partial charge in [-0.2, -0.15) is 0 Å². The number of hydrogen-bond acceptors (Lipinski definition) is 9. The molecule has 13 nitrogen and oxygen atoms in total. The van der Waals surface area contributed by atoms with Crippen molar-refractivity contribution in [3.63, 3.8) is 0 Å². The average Bonchev–Trinajstić information content (AvgIpc) is 3.82. The van der Waals surface area contributed by atoms with Gasteiger partial charge in [0.1, 0.15) is 18.2 Å². The number of carbonyl (C=O) groups is 4. The van der Waals surface area contributed by atoms with Crippen LogP contribution in [0.15, 0.2) is 24.3 Å². The summed E-state index contributed by atoms with van der Waals surface area (Å²) in [4.78, 5) is 60.6. The third-order valence-corrected chi connectivity index (χ3v) is 12.8. The highest BCUT2D eigenvalue weighted by atomic mass is 16.7. The maximum atomic E-state index is 14.5. The molecule has 1 aromatic carbocycles. The highest BCUT2D eigenvalue weighted by molar-refractivity contribution is 6.48. The minimum Gasteiger partial charge on any atom is -0.449 e. The summed E-state index contributed by atoms with van der Waals surface area (Å²) in [7, 11) is 3.26. The zero-order valence-electron chi connectivity index (χ0n) is 33.8. The van der Waals surface area contributed by atoms with Gasteiger partial charge in [0.2, 0.25) is 11.8 Å². The molecule has 0 spiro atoms. The van der Waals surface area contributed by atoms with Crippen molar-refractivity contribution in [2.45, 2.75) is 136 Å². The molecule has 6 aliphatic rings. The first-order chi connectivity index (χ1) is 25.4. The Balaban J connectivity index is 1.18. The minimum atomic E-state index is -1.01. The fraction of sp³-hybridized carbons (Fsp3) is 0.750. The zero-order valence-corrected chi connectivity index (χ0v) is 33.8. The Morgan fingerprint density at radius 1 is 1.04 bits per heavy atom. The molecule has 5 fully saturated rings. The van der Waals surface area contributed by atoms with Crippen molar-refractivity contribution in [3.05, 3.63) is 35.4 Å². The van der Waals surface area contributed by atoms with Crippen molar-refractivity contribution in [2.75, 3.05) is 33.8 Å². The van der Waals surface area contributed by atoms with E-state index >= 15 is 0 Å². The molecule has 3 aliphatic heterocycles. The standard InChI is InChI=1S/C40H62BN5O8/c1-10-14-32(41-53-31-20-27-19-30(39(27,5)6)40(31,7)54-41)42-34(47)29-21-28(52-37(50)45-22-25-15-11-12-16-26(25)23-45)24-46(29)35(48)33(38(2,3)4)43-36(49)51-18-13-17-44(8)9/h11-12,15-16,27-33H,10,13-14,17-24H2,1-9H3,(H,42,47)(H,43,49)/t27-,28+,29-,30-,31+,32-,33+,40-/m0/s1. The van der Waals surface area contributed by atoms with Crippen LogP contribution in [0.4, 0.5) is 9.59 Å². The third-order valence-electron chi connectivity index (χ3n) is 12.8. The van der Waals surface area contributed by atoms with Crippen LogP contribution in [0.5, 0.6) is 0 Å². The lowest BCUT2D eigenvalue weighted by Gasteiger charge is -2.64. The van der Waals surface area contributed by atoms with E-state index in [4.69, 9.17) is 18.8 Å². The third kappa shape index (κ3) is 8.12. The second kappa shape index (κ2) is 15.6. The molecule has 0 aromatic heterocycles. The second-order valence-electron chi connectivity index (χ2n) is 18.3. The Labute approximate surface area is 321 Å². The summed E-state index contributed by atoms with van der Waals surface area (Å²) >= 11 is 0. The molecule has 0 unspecified atom stereocenters.